The van der Waals surface area contributed by atoms with Gasteiger partial charge in [-0.2, -0.15) is 13.2 Å². The fourth-order valence-corrected chi connectivity index (χ4v) is 2.88. The van der Waals surface area contributed by atoms with Crippen LogP contribution in [0.4, 0.5) is 33.7 Å². The number of carboxylic acids is 2. The summed E-state index contributed by atoms with van der Waals surface area (Å²) in [4.78, 5) is 46.1. The number of pyridine rings is 1. The summed E-state index contributed by atoms with van der Waals surface area (Å²) in [5.74, 6) is -3.94. The number of carboxylic acid groups (broad SMARTS) is 2. The van der Waals surface area contributed by atoms with E-state index in [0.717, 1.165) is 12.1 Å². The third-order valence-electron chi connectivity index (χ3n) is 4.31. The lowest BCUT2D eigenvalue weighted by atomic mass is 10.2. The van der Waals surface area contributed by atoms with E-state index in [1.54, 1.807) is 0 Å². The molecule has 3 aromatic rings. The number of hydrogen-bond acceptors (Lipinski definition) is 6. The summed E-state index contributed by atoms with van der Waals surface area (Å²) in [7, 11) is 0. The van der Waals surface area contributed by atoms with Crippen molar-refractivity contribution in [3.8, 4) is 11.5 Å². The third-order valence-corrected chi connectivity index (χ3v) is 4.64. The molecule has 210 valence electrons. The fourth-order valence-electron chi connectivity index (χ4n) is 2.65. The average molecular weight is 585 g/mol. The molecule has 3 amide bonds. The lowest BCUT2D eigenvalue weighted by Gasteiger charge is -2.13. The third kappa shape index (κ3) is 9.94. The molecule has 0 spiro atoms. The molecule has 1 aromatic heterocycles. The minimum absolute atomic E-state index is 0.0441. The molecule has 0 aliphatic carbocycles. The summed E-state index contributed by atoms with van der Waals surface area (Å²) in [6, 6.07) is 7.99. The molecule has 3 rings (SSSR count). The number of hydrogen-bond donors (Lipinski definition) is 5. The number of halogens is 5. The van der Waals surface area contributed by atoms with Gasteiger partial charge < -0.3 is 31.3 Å². The Balaban J connectivity index is 0.000000611. The van der Waals surface area contributed by atoms with Crippen LogP contribution in [0.2, 0.25) is 5.02 Å². The highest BCUT2D eigenvalue weighted by atomic mass is 35.5. The lowest BCUT2D eigenvalue weighted by Crippen LogP contribution is -2.20. The van der Waals surface area contributed by atoms with Gasteiger partial charge in [-0.05, 0) is 36.4 Å². The summed E-state index contributed by atoms with van der Waals surface area (Å²) in [6.07, 6.45) is -2.31. The molecule has 0 aliphatic rings. The Kier molecular flexibility index (Phi) is 10.5. The number of ether oxygens (including phenoxy) is 1. The number of carbonyl (C=O) groups is 4. The van der Waals surface area contributed by atoms with Crippen molar-refractivity contribution in [1.29, 1.82) is 0 Å². The number of nitrogens with two attached hydrogens (primary N) is 1. The Morgan fingerprint density at radius 3 is 2.10 bits per heavy atom. The Morgan fingerprint density at radius 1 is 0.925 bits per heavy atom. The number of nitrogens with one attached hydrogen (secondary N) is 2. The zero-order chi connectivity index (χ0) is 30.0. The minimum atomic E-state index is -4.71. The molecule has 0 atom stereocenters. The van der Waals surface area contributed by atoms with Crippen molar-refractivity contribution in [1.82, 2.24) is 4.98 Å². The Morgan fingerprint density at radius 2 is 1.55 bits per heavy atom. The largest absolute Gasteiger partial charge is 0.478 e. The molecule has 40 heavy (non-hydrogen) atoms. The summed E-state index contributed by atoms with van der Waals surface area (Å²) in [5.41, 5.74) is 3.51. The molecule has 1 heterocycles. The maximum absolute atomic E-state index is 14.4. The van der Waals surface area contributed by atoms with Gasteiger partial charge in [0.1, 0.15) is 23.0 Å². The molecule has 0 fully saturated rings. The van der Waals surface area contributed by atoms with Crippen LogP contribution in [0.15, 0.2) is 66.9 Å². The molecular formula is C24H17ClF4N4O7. The number of alkyl halides is 3. The molecular weight excluding hydrogens is 568 g/mol. The van der Waals surface area contributed by atoms with Crippen molar-refractivity contribution in [3.63, 3.8) is 0 Å². The van der Waals surface area contributed by atoms with Gasteiger partial charge in [0.15, 0.2) is 0 Å². The second-order valence-corrected chi connectivity index (χ2v) is 7.67. The van der Waals surface area contributed by atoms with Crippen molar-refractivity contribution in [2.24, 2.45) is 5.73 Å². The normalized spacial score (nSPS) is 10.7. The van der Waals surface area contributed by atoms with Crippen molar-refractivity contribution >= 4 is 46.9 Å². The highest BCUT2D eigenvalue weighted by Gasteiger charge is 2.33. The number of anilines is 2. The molecule has 0 unspecified atom stereocenters. The van der Waals surface area contributed by atoms with E-state index in [1.165, 1.54) is 36.5 Å². The van der Waals surface area contributed by atoms with Gasteiger partial charge in [-0.25, -0.2) is 18.8 Å². The zero-order valence-corrected chi connectivity index (χ0v) is 20.5. The number of primary amides is 1. The summed E-state index contributed by atoms with van der Waals surface area (Å²) in [6.45, 7) is 0. The van der Waals surface area contributed by atoms with Crippen LogP contribution in [0.3, 0.4) is 0 Å². The summed E-state index contributed by atoms with van der Waals surface area (Å²) >= 11 is 5.53. The van der Waals surface area contributed by atoms with E-state index >= 15 is 0 Å². The SMILES string of the molecule is NC(=O)c1cc(Oc2ccc(NC(=O)Nc3ccc(Cl)c(C(F)(F)F)c3)c(F)c2)ccn1.O=C(O)/C=C\C(=O)O. The van der Waals surface area contributed by atoms with Crippen molar-refractivity contribution in [3.05, 3.63) is 89.0 Å². The van der Waals surface area contributed by atoms with Crippen LogP contribution in [-0.2, 0) is 15.8 Å². The van der Waals surface area contributed by atoms with Crippen LogP contribution < -0.4 is 21.1 Å². The van der Waals surface area contributed by atoms with Crippen LogP contribution in [0.1, 0.15) is 16.1 Å². The summed E-state index contributed by atoms with van der Waals surface area (Å²) in [5, 5.41) is 19.5. The topological polar surface area (TPSA) is 181 Å². The average Bonchev–Trinajstić information content (AvgIpc) is 2.85. The van der Waals surface area contributed by atoms with Crippen molar-refractivity contribution in [2.75, 3.05) is 10.6 Å². The maximum atomic E-state index is 14.4. The van der Waals surface area contributed by atoms with Gasteiger partial charge in [-0.15, -0.1) is 0 Å². The number of aliphatic carboxylic acids is 2. The standard InChI is InChI=1S/C20H13ClF4N4O3.C4H4O4/c21-14-3-1-10(7-13(14)20(23,24)25)28-19(31)29-16-4-2-11(8-15(16)22)32-12-5-6-27-17(9-12)18(26)30;5-3(6)1-2-4(7)8/h1-9H,(H2,26,30)(H2,28,29,31);1-2H,(H,5,6)(H,7,8)/b;2-1-. The van der Waals surface area contributed by atoms with E-state index < -0.39 is 46.5 Å². The second kappa shape index (κ2) is 13.6. The molecule has 0 saturated heterocycles. The molecule has 2 aromatic carbocycles. The smallest absolute Gasteiger partial charge is 0.417 e. The Labute approximate surface area is 226 Å². The van der Waals surface area contributed by atoms with Crippen molar-refractivity contribution in [2.45, 2.75) is 6.18 Å². The molecule has 11 nitrogen and oxygen atoms in total. The number of urea groups is 1. The maximum Gasteiger partial charge on any atom is 0.417 e. The second-order valence-electron chi connectivity index (χ2n) is 7.27. The minimum Gasteiger partial charge on any atom is -0.478 e. The first kappa shape index (κ1) is 31.0. The predicted molar refractivity (Wildman–Crippen MR) is 133 cm³/mol. The molecule has 0 saturated carbocycles. The van der Waals surface area contributed by atoms with E-state index in [2.05, 4.69) is 15.6 Å². The first-order chi connectivity index (χ1) is 18.6. The van der Waals surface area contributed by atoms with Crippen molar-refractivity contribution < 1.29 is 51.7 Å². The molecule has 0 aliphatic heterocycles. The van der Waals surface area contributed by atoms with Gasteiger partial charge in [0.25, 0.3) is 5.91 Å². The van der Waals surface area contributed by atoms with Gasteiger partial charge >= 0.3 is 24.1 Å². The van der Waals surface area contributed by atoms with Gasteiger partial charge in [0, 0.05) is 36.2 Å². The van der Waals surface area contributed by atoms with Crippen LogP contribution in [0, 0.1) is 5.82 Å². The number of amides is 3. The van der Waals surface area contributed by atoms with E-state index in [9.17, 15) is 36.7 Å². The van der Waals surface area contributed by atoms with Gasteiger partial charge in [0.05, 0.1) is 16.3 Å². The number of benzene rings is 2. The van der Waals surface area contributed by atoms with Gasteiger partial charge in [-0.3, -0.25) is 9.78 Å². The Hall–Kier alpha value is -5.18. The van der Waals surface area contributed by atoms with E-state index in [1.807, 2.05) is 0 Å². The van der Waals surface area contributed by atoms with E-state index in [-0.39, 0.29) is 28.6 Å². The fraction of sp³-hybridized carbons (Fsp3) is 0.0417. The first-order valence-electron chi connectivity index (χ1n) is 10.5. The predicted octanol–water partition coefficient (Wildman–Crippen LogP) is 5.14. The summed E-state index contributed by atoms with van der Waals surface area (Å²) < 4.78 is 58.5. The van der Waals surface area contributed by atoms with Crippen LogP contribution >= 0.6 is 11.6 Å². The van der Waals surface area contributed by atoms with E-state index in [0.29, 0.717) is 18.2 Å². The number of nitrogens with zero attached hydrogens (tertiary/aromatic N) is 1. The quantitative estimate of drug-likeness (QED) is 0.187. The van der Waals surface area contributed by atoms with Crippen LogP contribution in [-0.4, -0.2) is 39.1 Å². The monoisotopic (exact) mass is 584 g/mol. The molecule has 16 heteroatoms. The lowest BCUT2D eigenvalue weighted by molar-refractivity contribution is -0.137. The molecule has 6 N–H and O–H groups in total. The van der Waals surface area contributed by atoms with Gasteiger partial charge in [0.2, 0.25) is 0 Å². The zero-order valence-electron chi connectivity index (χ0n) is 19.7. The highest BCUT2D eigenvalue weighted by molar-refractivity contribution is 6.31. The van der Waals surface area contributed by atoms with Crippen LogP contribution in [0.25, 0.3) is 0 Å². The number of rotatable bonds is 7. The molecule has 0 bridgehead atoms. The van der Waals surface area contributed by atoms with Gasteiger partial charge in [-0.1, -0.05) is 11.6 Å². The Bertz CT molecular complexity index is 1450. The van der Waals surface area contributed by atoms with Crippen LogP contribution in [0.5, 0.6) is 11.5 Å². The number of aromatic nitrogens is 1. The highest BCUT2D eigenvalue weighted by Crippen LogP contribution is 2.36. The first-order valence-corrected chi connectivity index (χ1v) is 10.9. The van der Waals surface area contributed by atoms with E-state index in [4.69, 9.17) is 32.3 Å². The molecule has 0 radical (unpaired) electrons. The number of carbonyl (C=O) groups excluding carboxylic acids is 2.